The van der Waals surface area contributed by atoms with Crippen LogP contribution in [0.4, 0.5) is 5.69 Å². The molecule has 0 aromatic heterocycles. The number of hydrogen-bond acceptors (Lipinski definition) is 1. The van der Waals surface area contributed by atoms with E-state index in [2.05, 4.69) is 73.8 Å². The van der Waals surface area contributed by atoms with Crippen molar-refractivity contribution in [1.29, 1.82) is 0 Å². The maximum Gasteiger partial charge on any atom is 0.0372 e. The Morgan fingerprint density at radius 2 is 1.85 bits per heavy atom. The van der Waals surface area contributed by atoms with Crippen molar-refractivity contribution in [3.05, 3.63) is 27.3 Å². The quantitative estimate of drug-likeness (QED) is 0.626. The van der Waals surface area contributed by atoms with Crippen molar-refractivity contribution in [2.75, 3.05) is 5.32 Å². The number of hydrogen-bond donors (Lipinski definition) is 1. The highest BCUT2D eigenvalue weighted by Crippen LogP contribution is 2.41. The van der Waals surface area contributed by atoms with E-state index in [0.717, 1.165) is 5.92 Å². The second-order valence-electron chi connectivity index (χ2n) is 6.99. The van der Waals surface area contributed by atoms with E-state index in [4.69, 9.17) is 0 Å². The standard InChI is InChI=1S/C18H28IN/c1-5-18(3,4)14-6-9-16(10-7-14)20-17-11-8-15(19)12-13(17)2/h8,11-12,14,16,20H,5-7,9-10H2,1-4H3. The lowest BCUT2D eigenvalue weighted by Gasteiger charge is -2.39. The fraction of sp³-hybridized carbons (Fsp3) is 0.667. The Bertz CT molecular complexity index is 445. The zero-order valence-corrected chi connectivity index (χ0v) is 15.5. The molecular formula is C18H28IN. The Labute approximate surface area is 138 Å². The Morgan fingerprint density at radius 1 is 1.20 bits per heavy atom. The van der Waals surface area contributed by atoms with Gasteiger partial charge in [-0.2, -0.15) is 0 Å². The molecule has 2 rings (SSSR count). The lowest BCUT2D eigenvalue weighted by molar-refractivity contribution is 0.147. The fourth-order valence-electron chi connectivity index (χ4n) is 3.32. The van der Waals surface area contributed by atoms with Crippen LogP contribution < -0.4 is 5.32 Å². The minimum atomic E-state index is 0.518. The summed E-state index contributed by atoms with van der Waals surface area (Å²) in [5, 5.41) is 3.76. The van der Waals surface area contributed by atoms with E-state index in [-0.39, 0.29) is 0 Å². The molecule has 112 valence electrons. The number of anilines is 1. The van der Waals surface area contributed by atoms with Crippen molar-refractivity contribution >= 4 is 28.3 Å². The van der Waals surface area contributed by atoms with Crippen LogP contribution in [0, 0.1) is 21.8 Å². The van der Waals surface area contributed by atoms with E-state index in [1.54, 1.807) is 0 Å². The first-order valence-electron chi connectivity index (χ1n) is 7.95. The van der Waals surface area contributed by atoms with E-state index in [1.165, 1.54) is 46.9 Å². The molecule has 1 aliphatic carbocycles. The van der Waals surface area contributed by atoms with Gasteiger partial charge in [-0.15, -0.1) is 0 Å². The second kappa shape index (κ2) is 6.67. The molecule has 0 heterocycles. The molecule has 1 aromatic carbocycles. The third-order valence-electron chi connectivity index (χ3n) is 5.29. The molecule has 0 spiro atoms. The molecule has 0 bridgehead atoms. The highest BCUT2D eigenvalue weighted by molar-refractivity contribution is 14.1. The van der Waals surface area contributed by atoms with Gasteiger partial charge in [0.15, 0.2) is 0 Å². The average molecular weight is 385 g/mol. The molecule has 1 nitrogen and oxygen atoms in total. The normalized spacial score (nSPS) is 23.6. The molecule has 1 saturated carbocycles. The van der Waals surface area contributed by atoms with Gasteiger partial charge in [-0.1, -0.05) is 27.2 Å². The summed E-state index contributed by atoms with van der Waals surface area (Å²) in [5.74, 6) is 0.906. The van der Waals surface area contributed by atoms with Gasteiger partial charge in [0.1, 0.15) is 0 Å². The van der Waals surface area contributed by atoms with Gasteiger partial charge in [0.25, 0.3) is 0 Å². The van der Waals surface area contributed by atoms with Crippen LogP contribution in [0.5, 0.6) is 0 Å². The van der Waals surface area contributed by atoms with Crippen molar-refractivity contribution in [3.8, 4) is 0 Å². The molecule has 0 atom stereocenters. The second-order valence-corrected chi connectivity index (χ2v) is 8.24. The van der Waals surface area contributed by atoms with Crippen LogP contribution in [-0.2, 0) is 0 Å². The predicted octanol–water partition coefficient (Wildman–Crippen LogP) is 6.01. The van der Waals surface area contributed by atoms with Crippen LogP contribution in [0.25, 0.3) is 0 Å². The molecule has 1 N–H and O–H groups in total. The molecule has 0 aliphatic heterocycles. The number of nitrogens with one attached hydrogen (secondary N) is 1. The first-order valence-corrected chi connectivity index (χ1v) is 9.03. The topological polar surface area (TPSA) is 12.0 Å². The first kappa shape index (κ1) is 16.1. The van der Waals surface area contributed by atoms with Gasteiger partial charge in [0.05, 0.1) is 0 Å². The lowest BCUT2D eigenvalue weighted by atomic mass is 9.69. The summed E-state index contributed by atoms with van der Waals surface area (Å²) in [6, 6.07) is 7.35. The van der Waals surface area contributed by atoms with Gasteiger partial charge >= 0.3 is 0 Å². The molecule has 1 aromatic rings. The molecule has 0 unspecified atom stereocenters. The SMILES string of the molecule is CCC(C)(C)C1CCC(Nc2ccc(I)cc2C)CC1. The molecule has 0 amide bonds. The largest absolute Gasteiger partial charge is 0.382 e. The molecule has 0 saturated heterocycles. The summed E-state index contributed by atoms with van der Waals surface area (Å²) in [6.07, 6.45) is 6.69. The number of rotatable bonds is 4. The lowest BCUT2D eigenvalue weighted by Crippen LogP contribution is -2.32. The van der Waals surface area contributed by atoms with Crippen LogP contribution >= 0.6 is 22.6 Å². The van der Waals surface area contributed by atoms with Gasteiger partial charge < -0.3 is 5.32 Å². The van der Waals surface area contributed by atoms with E-state index < -0.39 is 0 Å². The van der Waals surface area contributed by atoms with Gasteiger partial charge in [-0.25, -0.2) is 0 Å². The van der Waals surface area contributed by atoms with Crippen molar-refractivity contribution < 1.29 is 0 Å². The third-order valence-corrected chi connectivity index (χ3v) is 5.96. The summed E-state index contributed by atoms with van der Waals surface area (Å²) in [4.78, 5) is 0. The maximum atomic E-state index is 3.76. The summed E-state index contributed by atoms with van der Waals surface area (Å²) in [5.41, 5.74) is 3.21. The van der Waals surface area contributed by atoms with E-state index >= 15 is 0 Å². The maximum absolute atomic E-state index is 3.76. The zero-order valence-electron chi connectivity index (χ0n) is 13.3. The minimum absolute atomic E-state index is 0.518. The predicted molar refractivity (Wildman–Crippen MR) is 97.3 cm³/mol. The van der Waals surface area contributed by atoms with Crippen molar-refractivity contribution in [2.24, 2.45) is 11.3 Å². The number of halogens is 1. The summed E-state index contributed by atoms with van der Waals surface area (Å²) in [7, 11) is 0. The van der Waals surface area contributed by atoms with E-state index in [0.29, 0.717) is 11.5 Å². The van der Waals surface area contributed by atoms with E-state index in [1.807, 2.05) is 0 Å². The Hall–Kier alpha value is -0.250. The summed E-state index contributed by atoms with van der Waals surface area (Å²) < 4.78 is 1.32. The molecule has 2 heteroatoms. The fourth-order valence-corrected chi connectivity index (χ4v) is 3.96. The Morgan fingerprint density at radius 3 is 2.40 bits per heavy atom. The van der Waals surface area contributed by atoms with Crippen LogP contribution in [-0.4, -0.2) is 6.04 Å². The third kappa shape index (κ3) is 3.90. The molecular weight excluding hydrogens is 357 g/mol. The van der Waals surface area contributed by atoms with Crippen LogP contribution in [0.15, 0.2) is 18.2 Å². The Balaban J connectivity index is 1.91. The zero-order chi connectivity index (χ0) is 14.8. The Kier molecular flexibility index (Phi) is 5.38. The van der Waals surface area contributed by atoms with Gasteiger partial charge in [-0.3, -0.25) is 0 Å². The highest BCUT2D eigenvalue weighted by Gasteiger charge is 2.31. The van der Waals surface area contributed by atoms with Gasteiger partial charge in [0, 0.05) is 15.3 Å². The summed E-state index contributed by atoms with van der Waals surface area (Å²) >= 11 is 2.38. The van der Waals surface area contributed by atoms with Crippen molar-refractivity contribution in [3.63, 3.8) is 0 Å². The van der Waals surface area contributed by atoms with E-state index in [9.17, 15) is 0 Å². The minimum Gasteiger partial charge on any atom is -0.382 e. The van der Waals surface area contributed by atoms with Crippen LogP contribution in [0.3, 0.4) is 0 Å². The molecule has 1 fully saturated rings. The van der Waals surface area contributed by atoms with Crippen LogP contribution in [0.1, 0.15) is 58.4 Å². The molecule has 1 aliphatic rings. The first-order chi connectivity index (χ1) is 9.42. The number of aryl methyl sites for hydroxylation is 1. The summed E-state index contributed by atoms with van der Waals surface area (Å²) in [6.45, 7) is 9.42. The average Bonchev–Trinajstić information content (AvgIpc) is 2.42. The number of benzene rings is 1. The van der Waals surface area contributed by atoms with Crippen molar-refractivity contribution in [1.82, 2.24) is 0 Å². The van der Waals surface area contributed by atoms with Crippen LogP contribution in [0.2, 0.25) is 0 Å². The molecule has 20 heavy (non-hydrogen) atoms. The smallest absolute Gasteiger partial charge is 0.0372 e. The van der Waals surface area contributed by atoms with Gasteiger partial charge in [0.2, 0.25) is 0 Å². The van der Waals surface area contributed by atoms with Crippen molar-refractivity contribution in [2.45, 2.75) is 65.8 Å². The monoisotopic (exact) mass is 385 g/mol. The van der Waals surface area contributed by atoms with Gasteiger partial charge in [-0.05, 0) is 90.3 Å². The molecule has 0 radical (unpaired) electrons. The highest BCUT2D eigenvalue weighted by atomic mass is 127.